The number of benzene rings is 2. The number of rotatable bonds is 4. The van der Waals surface area contributed by atoms with Gasteiger partial charge in [-0.2, -0.15) is 0 Å². The number of nitrogens with two attached hydrogens (primary N) is 1. The van der Waals surface area contributed by atoms with Crippen LogP contribution in [0.15, 0.2) is 159 Å². The summed E-state index contributed by atoms with van der Waals surface area (Å²) in [6, 6.07) is 12.2. The van der Waals surface area contributed by atoms with Crippen LogP contribution in [0.4, 0.5) is 5.69 Å². The standard InChI is InChI=1S/C18H17N3O5S.C9H4.C8H4/c1-2-21-13-9-5-3-7-11(13)16(22)15(18(21)24)17(23)20-12-8-4-6-10-14(12)27(19,25)26;1-3-5-7-9-8-6-4-2;1-3-5-7-8-6-4-2/h3-10,22H,2H2,1H3,(H,20,23)(H2,19,25,26);1-2H2;1-2H2. The Balaban J connectivity index is 0.000000468. The van der Waals surface area contributed by atoms with E-state index in [0.717, 1.165) is 0 Å². The Morgan fingerprint density at radius 1 is 0.818 bits per heavy atom. The molecule has 216 valence electrons. The molecule has 4 N–H and O–H groups in total. The van der Waals surface area contributed by atoms with Crippen molar-refractivity contribution < 1.29 is 18.3 Å². The number of para-hydroxylation sites is 2. The maximum atomic E-state index is 12.7. The third-order valence-electron chi connectivity index (χ3n) is 4.92. The number of carbonyl (C=O) groups is 1. The van der Waals surface area contributed by atoms with Gasteiger partial charge in [0, 0.05) is 11.9 Å². The van der Waals surface area contributed by atoms with E-state index in [2.05, 4.69) is 106 Å². The van der Waals surface area contributed by atoms with Gasteiger partial charge in [0.2, 0.25) is 10.0 Å². The molecule has 3 rings (SSSR count). The van der Waals surface area contributed by atoms with E-state index in [9.17, 15) is 23.1 Å². The number of carbonyl (C=O) groups excluding carboxylic acids is 1. The highest BCUT2D eigenvalue weighted by Gasteiger charge is 2.23. The highest BCUT2D eigenvalue weighted by molar-refractivity contribution is 7.89. The third kappa shape index (κ3) is 10.8. The molecule has 2 aromatic carbocycles. The Labute approximate surface area is 254 Å². The summed E-state index contributed by atoms with van der Waals surface area (Å²) in [7, 11) is -4.09. The fraction of sp³-hybridized carbons (Fsp3) is 0.0571. The minimum absolute atomic E-state index is 0.0833. The van der Waals surface area contributed by atoms with Gasteiger partial charge in [0.05, 0.1) is 11.2 Å². The molecule has 0 aliphatic rings. The van der Waals surface area contributed by atoms with Crippen LogP contribution in [-0.2, 0) is 16.6 Å². The zero-order valence-corrected chi connectivity index (χ0v) is 24.5. The Kier molecular flexibility index (Phi) is 15.1. The SMILES string of the molecule is C=C=C=C=C=C=C=C.C=C=C=C=C=C=C=C=C.CCn1c(=O)c(C(=O)Nc2ccccc2S(N)(=O)=O)c(O)c2ccccc21. The molecule has 8 nitrogen and oxygen atoms in total. The topological polar surface area (TPSA) is 131 Å². The number of nitrogens with one attached hydrogen (secondary N) is 1. The van der Waals surface area contributed by atoms with E-state index < -0.39 is 32.8 Å². The Hall–Kier alpha value is -6.55. The van der Waals surface area contributed by atoms with Crippen LogP contribution in [0.25, 0.3) is 10.9 Å². The number of aromatic hydroxyl groups is 1. The summed E-state index contributed by atoms with van der Waals surface area (Å²) < 4.78 is 24.7. The number of anilines is 1. The predicted molar refractivity (Wildman–Crippen MR) is 169 cm³/mol. The number of aromatic nitrogens is 1. The molecule has 0 saturated heterocycles. The molecular formula is C35H25N3O5S. The average molecular weight is 600 g/mol. The first kappa shape index (κ1) is 35.5. The molecule has 0 fully saturated rings. The lowest BCUT2D eigenvalue weighted by Gasteiger charge is -2.14. The maximum absolute atomic E-state index is 12.7. The molecule has 0 radical (unpaired) electrons. The molecule has 0 aliphatic carbocycles. The van der Waals surface area contributed by atoms with Crippen LogP contribution in [-0.4, -0.2) is 24.0 Å². The van der Waals surface area contributed by atoms with Crippen molar-refractivity contribution in [1.29, 1.82) is 0 Å². The molecule has 0 aliphatic heterocycles. The van der Waals surface area contributed by atoms with Crippen molar-refractivity contribution in [3.63, 3.8) is 0 Å². The first-order chi connectivity index (χ1) is 21.1. The summed E-state index contributed by atoms with van der Waals surface area (Å²) in [6.07, 6.45) is 0. The van der Waals surface area contributed by atoms with Crippen molar-refractivity contribution in [3.8, 4) is 5.75 Å². The minimum Gasteiger partial charge on any atom is -0.506 e. The van der Waals surface area contributed by atoms with Crippen LogP contribution in [0, 0.1) is 0 Å². The van der Waals surface area contributed by atoms with Gasteiger partial charge in [-0.05, 0) is 109 Å². The zero-order valence-electron chi connectivity index (χ0n) is 23.7. The van der Waals surface area contributed by atoms with Gasteiger partial charge in [-0.3, -0.25) is 9.59 Å². The highest BCUT2D eigenvalue weighted by Crippen LogP contribution is 2.27. The molecule has 3 aromatic rings. The van der Waals surface area contributed by atoms with Gasteiger partial charge in [-0.25, -0.2) is 13.6 Å². The van der Waals surface area contributed by atoms with Crippen molar-refractivity contribution in [1.82, 2.24) is 4.57 Å². The fourth-order valence-electron chi connectivity index (χ4n) is 3.24. The van der Waals surface area contributed by atoms with Crippen LogP contribution in [0.1, 0.15) is 17.3 Å². The summed E-state index contributed by atoms with van der Waals surface area (Å²) in [5.41, 5.74) is 30.7. The van der Waals surface area contributed by atoms with Gasteiger partial charge in [0.1, 0.15) is 16.2 Å². The molecule has 1 heterocycles. The lowest BCUT2D eigenvalue weighted by Crippen LogP contribution is -2.30. The van der Waals surface area contributed by atoms with E-state index in [0.29, 0.717) is 10.9 Å². The molecule has 1 amide bonds. The molecule has 44 heavy (non-hydrogen) atoms. The molecule has 0 unspecified atom stereocenters. The van der Waals surface area contributed by atoms with Crippen LogP contribution < -0.4 is 16.0 Å². The van der Waals surface area contributed by atoms with E-state index in [1.54, 1.807) is 31.2 Å². The van der Waals surface area contributed by atoms with Gasteiger partial charge in [-0.1, -0.05) is 47.2 Å². The van der Waals surface area contributed by atoms with Crippen molar-refractivity contribution in [3.05, 3.63) is 165 Å². The molecule has 0 saturated carbocycles. The van der Waals surface area contributed by atoms with Crippen LogP contribution >= 0.6 is 0 Å². The van der Waals surface area contributed by atoms with Crippen LogP contribution in [0.3, 0.4) is 0 Å². The Bertz CT molecular complexity index is 2190. The van der Waals surface area contributed by atoms with E-state index in [4.69, 9.17) is 5.14 Å². The highest BCUT2D eigenvalue weighted by atomic mass is 32.2. The number of fused-ring (bicyclic) bond motifs is 1. The second-order valence-electron chi connectivity index (χ2n) is 7.62. The van der Waals surface area contributed by atoms with Crippen molar-refractivity contribution in [2.75, 3.05) is 5.32 Å². The number of aryl methyl sites for hydroxylation is 1. The predicted octanol–water partition coefficient (Wildman–Crippen LogP) is 5.25. The Morgan fingerprint density at radius 2 is 1.27 bits per heavy atom. The van der Waals surface area contributed by atoms with Gasteiger partial charge in [0.25, 0.3) is 11.5 Å². The molecule has 1 aromatic heterocycles. The molecule has 9 heteroatoms. The summed E-state index contributed by atoms with van der Waals surface area (Å²) in [6.45, 7) is 15.1. The zero-order chi connectivity index (χ0) is 33.0. The van der Waals surface area contributed by atoms with Gasteiger partial charge >= 0.3 is 0 Å². The summed E-state index contributed by atoms with van der Waals surface area (Å²) in [5, 5.41) is 18.4. The molecule has 0 atom stereocenters. The number of sulfonamides is 1. The second kappa shape index (κ2) is 18.7. The summed E-state index contributed by atoms with van der Waals surface area (Å²) in [4.78, 5) is 25.2. The van der Waals surface area contributed by atoms with Gasteiger partial charge in [0.15, 0.2) is 0 Å². The molecular weight excluding hydrogens is 574 g/mol. The average Bonchev–Trinajstić information content (AvgIpc) is 3.00. The fourth-order valence-corrected chi connectivity index (χ4v) is 3.94. The van der Waals surface area contributed by atoms with Gasteiger partial charge in [-0.15, -0.1) is 0 Å². The van der Waals surface area contributed by atoms with Crippen molar-refractivity contribution in [2.45, 2.75) is 18.4 Å². The normalized spacial score (nSPS) is 8.41. The summed E-state index contributed by atoms with van der Waals surface area (Å²) in [5.74, 6) is -1.40. The maximum Gasteiger partial charge on any atom is 0.267 e. The monoisotopic (exact) mass is 599 g/mol. The number of primary sulfonamides is 1. The summed E-state index contributed by atoms with van der Waals surface area (Å²) >= 11 is 0. The van der Waals surface area contributed by atoms with Crippen molar-refractivity contribution in [2.24, 2.45) is 5.14 Å². The number of hydrogen-bond donors (Lipinski definition) is 3. The molecule has 0 bridgehead atoms. The van der Waals surface area contributed by atoms with E-state index in [-0.39, 0.29) is 17.1 Å². The number of hydrogen-bond acceptors (Lipinski definition) is 5. The molecule has 0 spiro atoms. The first-order valence-electron chi connectivity index (χ1n) is 12.2. The first-order valence-corrected chi connectivity index (χ1v) is 13.7. The Morgan fingerprint density at radius 3 is 1.75 bits per heavy atom. The number of pyridine rings is 1. The van der Waals surface area contributed by atoms with Gasteiger partial charge < -0.3 is 15.0 Å². The lowest BCUT2D eigenvalue weighted by molar-refractivity contribution is 0.102. The minimum atomic E-state index is -4.09. The quantitative estimate of drug-likeness (QED) is 0.353. The largest absolute Gasteiger partial charge is 0.506 e. The van der Waals surface area contributed by atoms with E-state index >= 15 is 0 Å². The second-order valence-corrected chi connectivity index (χ2v) is 9.15. The third-order valence-corrected chi connectivity index (χ3v) is 5.89. The number of amides is 1. The number of nitrogens with zero attached hydrogens (tertiary/aromatic N) is 1. The van der Waals surface area contributed by atoms with Crippen molar-refractivity contribution >= 4 is 32.5 Å². The van der Waals surface area contributed by atoms with E-state index in [1.807, 2.05) is 0 Å². The lowest BCUT2D eigenvalue weighted by atomic mass is 10.1. The van der Waals surface area contributed by atoms with E-state index in [1.165, 1.54) is 28.8 Å². The van der Waals surface area contributed by atoms with Crippen LogP contribution in [0.2, 0.25) is 0 Å². The van der Waals surface area contributed by atoms with Crippen LogP contribution in [0.5, 0.6) is 5.75 Å². The smallest absolute Gasteiger partial charge is 0.267 e.